The lowest BCUT2D eigenvalue weighted by atomic mass is 10.1. The number of nitrogens with one attached hydrogen (secondary N) is 1. The van der Waals surface area contributed by atoms with Crippen LogP contribution in [0.3, 0.4) is 0 Å². The highest BCUT2D eigenvalue weighted by Crippen LogP contribution is 2.23. The Bertz CT molecular complexity index is 648. The van der Waals surface area contributed by atoms with Crippen molar-refractivity contribution in [2.45, 2.75) is 18.9 Å². The molecule has 1 unspecified atom stereocenters. The van der Waals surface area contributed by atoms with Crippen LogP contribution in [-0.4, -0.2) is 47.9 Å². The Morgan fingerprint density at radius 2 is 2.08 bits per heavy atom. The van der Waals surface area contributed by atoms with Crippen LogP contribution in [0.15, 0.2) is 36.0 Å². The summed E-state index contributed by atoms with van der Waals surface area (Å²) in [5, 5.41) is 18.6. The molecule has 2 rings (SSSR count). The predicted octanol–water partition coefficient (Wildman–Crippen LogP) is 2.53. The summed E-state index contributed by atoms with van der Waals surface area (Å²) in [6.07, 6.45) is -5.86. The van der Waals surface area contributed by atoms with Gasteiger partial charge in [0, 0.05) is 24.0 Å². The van der Waals surface area contributed by atoms with E-state index in [-0.39, 0.29) is 12.5 Å². The van der Waals surface area contributed by atoms with E-state index in [0.717, 1.165) is 0 Å². The Labute approximate surface area is 148 Å². The maximum absolute atomic E-state index is 12.5. The highest BCUT2D eigenvalue weighted by Gasteiger charge is 2.33. The summed E-state index contributed by atoms with van der Waals surface area (Å²) >= 11 is 6.11. The second-order valence-corrected chi connectivity index (χ2v) is 6.26. The van der Waals surface area contributed by atoms with Crippen molar-refractivity contribution in [3.05, 3.63) is 46.6 Å². The summed E-state index contributed by atoms with van der Waals surface area (Å²) in [4.78, 5) is 1.48. The summed E-state index contributed by atoms with van der Waals surface area (Å²) in [6.45, 7) is 1.53. The first-order valence-electron chi connectivity index (χ1n) is 7.54. The zero-order valence-electron chi connectivity index (χ0n) is 13.3. The smallest absolute Gasteiger partial charge is 0.395 e. The van der Waals surface area contributed by atoms with E-state index >= 15 is 0 Å². The fraction of sp³-hybridized carbons (Fsp3) is 0.438. The largest absolute Gasteiger partial charge is 0.430 e. The lowest BCUT2D eigenvalue weighted by molar-refractivity contribution is -0.0926. The SMILES string of the molecule is N=C(C=C(N)C(F)(F)F)C(O)N(Cc1ccccc1Cl)CC1COC1. The molecule has 1 atom stereocenters. The molecule has 0 aliphatic carbocycles. The van der Waals surface area contributed by atoms with E-state index in [1.165, 1.54) is 4.90 Å². The van der Waals surface area contributed by atoms with Gasteiger partial charge >= 0.3 is 6.18 Å². The average molecular weight is 378 g/mol. The minimum absolute atomic E-state index is 0.133. The Balaban J connectivity index is 2.16. The molecule has 1 aromatic rings. The van der Waals surface area contributed by atoms with E-state index in [2.05, 4.69) is 0 Å². The van der Waals surface area contributed by atoms with E-state index in [1.54, 1.807) is 24.3 Å². The number of aliphatic hydroxyl groups excluding tert-OH is 1. The number of alkyl halides is 3. The van der Waals surface area contributed by atoms with Gasteiger partial charge < -0.3 is 21.0 Å². The minimum atomic E-state index is -4.75. The number of nitrogens with two attached hydrogens (primary N) is 1. The molecule has 0 radical (unpaired) electrons. The zero-order valence-corrected chi connectivity index (χ0v) is 14.0. The first-order valence-corrected chi connectivity index (χ1v) is 7.92. The van der Waals surface area contributed by atoms with Crippen molar-refractivity contribution in [2.24, 2.45) is 11.7 Å². The fourth-order valence-electron chi connectivity index (χ4n) is 2.34. The van der Waals surface area contributed by atoms with Crippen LogP contribution in [0.5, 0.6) is 0 Å². The van der Waals surface area contributed by atoms with Crippen LogP contribution in [0.2, 0.25) is 5.02 Å². The van der Waals surface area contributed by atoms with Gasteiger partial charge in [-0.05, 0) is 17.7 Å². The van der Waals surface area contributed by atoms with Gasteiger partial charge in [0.1, 0.15) is 11.9 Å². The molecule has 1 aliphatic rings. The number of allylic oxidation sites excluding steroid dienone is 1. The Morgan fingerprint density at radius 3 is 2.60 bits per heavy atom. The second-order valence-electron chi connectivity index (χ2n) is 5.85. The van der Waals surface area contributed by atoms with Gasteiger partial charge in [-0.3, -0.25) is 4.90 Å². The monoisotopic (exact) mass is 377 g/mol. The standard InChI is InChI=1S/C16H19ClF3N3O2/c17-12-4-2-1-3-11(12)7-23(6-10-8-25-9-10)15(24)13(21)5-14(22)16(18,19)20/h1-5,10,15,21,24H,6-9,22H2. The van der Waals surface area contributed by atoms with E-state index < -0.39 is 23.8 Å². The van der Waals surface area contributed by atoms with Crippen molar-refractivity contribution in [3.63, 3.8) is 0 Å². The van der Waals surface area contributed by atoms with Crippen molar-refractivity contribution in [3.8, 4) is 0 Å². The third-order valence-electron chi connectivity index (χ3n) is 3.79. The third kappa shape index (κ3) is 5.43. The normalized spacial score (nSPS) is 17.4. The highest BCUT2D eigenvalue weighted by molar-refractivity contribution is 6.31. The molecular weight excluding hydrogens is 359 g/mol. The van der Waals surface area contributed by atoms with Crippen LogP contribution >= 0.6 is 11.6 Å². The van der Waals surface area contributed by atoms with E-state index in [4.69, 9.17) is 27.5 Å². The molecule has 5 nitrogen and oxygen atoms in total. The number of aliphatic hydroxyl groups is 1. The molecule has 1 fully saturated rings. The Morgan fingerprint density at radius 1 is 1.44 bits per heavy atom. The molecule has 0 amide bonds. The van der Waals surface area contributed by atoms with Crippen molar-refractivity contribution in [1.29, 1.82) is 5.41 Å². The van der Waals surface area contributed by atoms with Gasteiger partial charge in [0.15, 0.2) is 0 Å². The number of halogens is 4. The first-order chi connectivity index (χ1) is 11.7. The molecule has 4 N–H and O–H groups in total. The molecule has 1 aliphatic heterocycles. The van der Waals surface area contributed by atoms with Crippen LogP contribution in [0.1, 0.15) is 5.56 Å². The third-order valence-corrected chi connectivity index (χ3v) is 4.16. The number of benzene rings is 1. The number of hydrogen-bond acceptors (Lipinski definition) is 5. The van der Waals surface area contributed by atoms with Crippen molar-refractivity contribution < 1.29 is 23.0 Å². The molecule has 1 saturated heterocycles. The Hall–Kier alpha value is -1.61. The topological polar surface area (TPSA) is 82.6 Å². The molecule has 0 bridgehead atoms. The van der Waals surface area contributed by atoms with Crippen LogP contribution in [0, 0.1) is 11.3 Å². The zero-order chi connectivity index (χ0) is 18.6. The molecule has 1 aromatic carbocycles. The molecule has 25 heavy (non-hydrogen) atoms. The molecule has 138 valence electrons. The Kier molecular flexibility index (Phi) is 6.45. The first kappa shape index (κ1) is 19.7. The molecule has 1 heterocycles. The number of ether oxygens (including phenoxy) is 1. The number of hydrogen-bond donors (Lipinski definition) is 3. The van der Waals surface area contributed by atoms with E-state index in [9.17, 15) is 18.3 Å². The van der Waals surface area contributed by atoms with Crippen LogP contribution in [-0.2, 0) is 11.3 Å². The van der Waals surface area contributed by atoms with Gasteiger partial charge in [-0.2, -0.15) is 13.2 Å². The van der Waals surface area contributed by atoms with Crippen LogP contribution in [0.25, 0.3) is 0 Å². The molecule has 0 spiro atoms. The quantitative estimate of drug-likeness (QED) is 0.503. The molecule has 9 heteroatoms. The number of rotatable bonds is 7. The highest BCUT2D eigenvalue weighted by atomic mass is 35.5. The molecule has 0 aromatic heterocycles. The molecule has 0 saturated carbocycles. The van der Waals surface area contributed by atoms with Gasteiger partial charge in [-0.15, -0.1) is 0 Å². The van der Waals surface area contributed by atoms with Gasteiger partial charge in [-0.25, -0.2) is 0 Å². The maximum atomic E-state index is 12.5. The maximum Gasteiger partial charge on any atom is 0.430 e. The van der Waals surface area contributed by atoms with E-state index in [0.29, 0.717) is 36.4 Å². The summed E-state index contributed by atoms with van der Waals surface area (Å²) in [7, 11) is 0. The lowest BCUT2D eigenvalue weighted by Crippen LogP contribution is -2.47. The lowest BCUT2D eigenvalue weighted by Gasteiger charge is -2.35. The van der Waals surface area contributed by atoms with Crippen LogP contribution < -0.4 is 5.73 Å². The van der Waals surface area contributed by atoms with Crippen molar-refractivity contribution in [2.75, 3.05) is 19.8 Å². The molecular formula is C16H19ClF3N3O2. The number of nitrogens with zero attached hydrogens (tertiary/aromatic N) is 1. The second kappa shape index (κ2) is 8.18. The summed E-state index contributed by atoms with van der Waals surface area (Å²) in [6, 6.07) is 6.95. The van der Waals surface area contributed by atoms with Crippen LogP contribution in [0.4, 0.5) is 13.2 Å². The van der Waals surface area contributed by atoms with Gasteiger partial charge in [-0.1, -0.05) is 29.8 Å². The van der Waals surface area contributed by atoms with Gasteiger partial charge in [0.2, 0.25) is 0 Å². The van der Waals surface area contributed by atoms with Gasteiger partial charge in [0.05, 0.1) is 18.9 Å². The minimum Gasteiger partial charge on any atom is -0.395 e. The van der Waals surface area contributed by atoms with E-state index in [1.807, 2.05) is 0 Å². The van der Waals surface area contributed by atoms with Crippen molar-refractivity contribution >= 4 is 17.3 Å². The predicted molar refractivity (Wildman–Crippen MR) is 88.2 cm³/mol. The summed E-state index contributed by atoms with van der Waals surface area (Å²) < 4.78 is 42.7. The summed E-state index contributed by atoms with van der Waals surface area (Å²) in [5.41, 5.74) is 3.56. The summed E-state index contributed by atoms with van der Waals surface area (Å²) in [5.74, 6) is 0.133. The average Bonchev–Trinajstić information content (AvgIpc) is 2.49. The van der Waals surface area contributed by atoms with Crippen molar-refractivity contribution in [1.82, 2.24) is 4.90 Å². The van der Waals surface area contributed by atoms with Gasteiger partial charge in [0.25, 0.3) is 0 Å². The fourth-order valence-corrected chi connectivity index (χ4v) is 2.53.